The third-order valence-electron chi connectivity index (χ3n) is 2.87. The molecule has 1 unspecified atom stereocenters. The minimum Gasteiger partial charge on any atom is -0.493 e. The molecule has 0 heterocycles. The predicted molar refractivity (Wildman–Crippen MR) is 65.8 cm³/mol. The van der Waals surface area contributed by atoms with Crippen LogP contribution in [0.5, 0.6) is 11.5 Å². The number of halogens is 1. The number of aliphatic carboxylic acids is 1. The summed E-state index contributed by atoms with van der Waals surface area (Å²) in [5.41, 5.74) is 6.13. The predicted octanol–water partition coefficient (Wildman–Crippen LogP) is 1.85. The van der Waals surface area contributed by atoms with E-state index in [9.17, 15) is 9.18 Å². The summed E-state index contributed by atoms with van der Waals surface area (Å²) < 4.78 is 24.3. The number of hydrogen-bond acceptors (Lipinski definition) is 4. The number of ether oxygens (including phenoxy) is 2. The quantitative estimate of drug-likeness (QED) is 0.823. The van der Waals surface area contributed by atoms with Crippen molar-refractivity contribution in [2.45, 2.75) is 31.4 Å². The van der Waals surface area contributed by atoms with Crippen LogP contribution in [0.1, 0.15) is 30.9 Å². The van der Waals surface area contributed by atoms with E-state index in [2.05, 4.69) is 0 Å². The fourth-order valence-electron chi connectivity index (χ4n) is 1.79. The maximum Gasteiger partial charge on any atom is 0.305 e. The number of carbonyl (C=O) groups is 1. The highest BCUT2D eigenvalue weighted by molar-refractivity contribution is 5.68. The van der Waals surface area contributed by atoms with Crippen LogP contribution in [0.15, 0.2) is 12.1 Å². The van der Waals surface area contributed by atoms with Gasteiger partial charge in [-0.05, 0) is 18.9 Å². The van der Waals surface area contributed by atoms with Crippen LogP contribution in [0.3, 0.4) is 0 Å². The third-order valence-corrected chi connectivity index (χ3v) is 2.87. The summed E-state index contributed by atoms with van der Waals surface area (Å²) in [7, 11) is 1.40. The van der Waals surface area contributed by atoms with Gasteiger partial charge in [-0.25, -0.2) is 4.39 Å². The first-order valence-electron chi connectivity index (χ1n) is 6.02. The molecule has 19 heavy (non-hydrogen) atoms. The Morgan fingerprint density at radius 1 is 1.58 bits per heavy atom. The molecular formula is C13H16FNO4. The van der Waals surface area contributed by atoms with Crippen LogP contribution in [0.25, 0.3) is 0 Å². The Morgan fingerprint density at radius 2 is 2.26 bits per heavy atom. The lowest BCUT2D eigenvalue weighted by atomic mass is 10.0. The molecule has 1 fully saturated rings. The van der Waals surface area contributed by atoms with E-state index in [0.717, 1.165) is 12.8 Å². The van der Waals surface area contributed by atoms with Crippen molar-refractivity contribution in [2.75, 3.05) is 7.11 Å². The van der Waals surface area contributed by atoms with Crippen LogP contribution in [-0.2, 0) is 4.79 Å². The molecule has 1 saturated carbocycles. The van der Waals surface area contributed by atoms with Crippen LogP contribution in [-0.4, -0.2) is 24.3 Å². The zero-order valence-electron chi connectivity index (χ0n) is 10.6. The number of nitrogens with two attached hydrogens (primary N) is 1. The lowest BCUT2D eigenvalue weighted by molar-refractivity contribution is -0.137. The van der Waals surface area contributed by atoms with Crippen molar-refractivity contribution < 1.29 is 23.8 Å². The molecule has 1 aromatic carbocycles. The molecule has 0 amide bonds. The molecule has 1 aliphatic carbocycles. The van der Waals surface area contributed by atoms with E-state index in [0.29, 0.717) is 11.3 Å². The SMILES string of the molecule is COc1cc(F)cc(C(N)CC(=O)O)c1OC1CC1. The first-order valence-corrected chi connectivity index (χ1v) is 6.02. The van der Waals surface area contributed by atoms with Crippen molar-refractivity contribution in [1.82, 2.24) is 0 Å². The van der Waals surface area contributed by atoms with E-state index in [-0.39, 0.29) is 18.3 Å². The molecule has 0 aliphatic heterocycles. The Kier molecular flexibility index (Phi) is 3.90. The molecular weight excluding hydrogens is 253 g/mol. The zero-order valence-corrected chi connectivity index (χ0v) is 10.6. The molecule has 0 aromatic heterocycles. The molecule has 1 atom stereocenters. The zero-order chi connectivity index (χ0) is 14.0. The van der Waals surface area contributed by atoms with Crippen LogP contribution in [0.4, 0.5) is 4.39 Å². The highest BCUT2D eigenvalue weighted by atomic mass is 19.1. The number of hydrogen-bond donors (Lipinski definition) is 2. The van der Waals surface area contributed by atoms with Gasteiger partial charge in [0.05, 0.1) is 19.6 Å². The molecule has 2 rings (SSSR count). The van der Waals surface area contributed by atoms with Crippen molar-refractivity contribution in [3.05, 3.63) is 23.5 Å². The monoisotopic (exact) mass is 269 g/mol. The Bertz CT molecular complexity index is 488. The summed E-state index contributed by atoms with van der Waals surface area (Å²) in [4.78, 5) is 10.7. The summed E-state index contributed by atoms with van der Waals surface area (Å²) in [6.07, 6.45) is 1.63. The first kappa shape index (κ1) is 13.6. The molecule has 0 bridgehead atoms. The Labute approximate surface area is 110 Å². The van der Waals surface area contributed by atoms with Gasteiger partial charge >= 0.3 is 5.97 Å². The number of rotatable bonds is 6. The van der Waals surface area contributed by atoms with Gasteiger partial charge in [-0.15, -0.1) is 0 Å². The summed E-state index contributed by atoms with van der Waals surface area (Å²) >= 11 is 0. The van der Waals surface area contributed by atoms with E-state index in [1.54, 1.807) is 0 Å². The third kappa shape index (κ3) is 3.35. The van der Waals surface area contributed by atoms with Crippen LogP contribution < -0.4 is 15.2 Å². The lowest BCUT2D eigenvalue weighted by Gasteiger charge is -2.18. The van der Waals surface area contributed by atoms with Gasteiger partial charge in [0.1, 0.15) is 5.82 Å². The van der Waals surface area contributed by atoms with E-state index in [1.807, 2.05) is 0 Å². The second kappa shape index (κ2) is 5.44. The van der Waals surface area contributed by atoms with Crippen molar-refractivity contribution in [1.29, 1.82) is 0 Å². The Morgan fingerprint density at radius 3 is 2.79 bits per heavy atom. The minimum absolute atomic E-state index is 0.0788. The van der Waals surface area contributed by atoms with Crippen LogP contribution >= 0.6 is 0 Å². The smallest absolute Gasteiger partial charge is 0.305 e. The molecule has 1 aromatic rings. The van der Waals surface area contributed by atoms with Crippen molar-refractivity contribution in [2.24, 2.45) is 5.73 Å². The van der Waals surface area contributed by atoms with Gasteiger partial charge in [0.2, 0.25) is 0 Å². The lowest BCUT2D eigenvalue weighted by Crippen LogP contribution is -2.17. The largest absolute Gasteiger partial charge is 0.493 e. The second-order valence-corrected chi connectivity index (χ2v) is 4.55. The van der Waals surface area contributed by atoms with Gasteiger partial charge in [-0.1, -0.05) is 0 Å². The summed E-state index contributed by atoms with van der Waals surface area (Å²) in [6.45, 7) is 0. The summed E-state index contributed by atoms with van der Waals surface area (Å²) in [5.74, 6) is -0.994. The maximum absolute atomic E-state index is 13.5. The van der Waals surface area contributed by atoms with Gasteiger partial charge in [-0.3, -0.25) is 4.79 Å². The fourth-order valence-corrected chi connectivity index (χ4v) is 1.79. The van der Waals surface area contributed by atoms with Gasteiger partial charge in [0.15, 0.2) is 11.5 Å². The highest BCUT2D eigenvalue weighted by Gasteiger charge is 2.28. The fraction of sp³-hybridized carbons (Fsp3) is 0.462. The van der Waals surface area contributed by atoms with Crippen molar-refractivity contribution in [3.8, 4) is 11.5 Å². The maximum atomic E-state index is 13.5. The van der Waals surface area contributed by atoms with E-state index >= 15 is 0 Å². The number of carboxylic acid groups (broad SMARTS) is 1. The van der Waals surface area contributed by atoms with Gasteiger partial charge in [0, 0.05) is 17.7 Å². The number of benzene rings is 1. The minimum atomic E-state index is -1.05. The second-order valence-electron chi connectivity index (χ2n) is 4.55. The van der Waals surface area contributed by atoms with Crippen LogP contribution in [0, 0.1) is 5.82 Å². The standard InChI is InChI=1S/C13H16FNO4/c1-18-11-5-7(14)4-9(10(15)6-12(16)17)13(11)19-8-2-3-8/h4-5,8,10H,2-3,6,15H2,1H3,(H,16,17). The molecule has 0 saturated heterocycles. The van der Waals surface area contributed by atoms with E-state index in [4.69, 9.17) is 20.3 Å². The van der Waals surface area contributed by atoms with E-state index < -0.39 is 17.8 Å². The van der Waals surface area contributed by atoms with Gasteiger partial charge in [0.25, 0.3) is 0 Å². The average Bonchev–Trinajstić information content (AvgIpc) is 3.13. The molecule has 6 heteroatoms. The van der Waals surface area contributed by atoms with E-state index in [1.165, 1.54) is 19.2 Å². The molecule has 104 valence electrons. The topological polar surface area (TPSA) is 81.8 Å². The van der Waals surface area contributed by atoms with Gasteiger partial charge in [-0.2, -0.15) is 0 Å². The summed E-state index contributed by atoms with van der Waals surface area (Å²) in [6, 6.07) is 1.57. The average molecular weight is 269 g/mol. The highest BCUT2D eigenvalue weighted by Crippen LogP contribution is 2.40. The Balaban J connectivity index is 2.36. The van der Waals surface area contributed by atoms with Crippen LogP contribution in [0.2, 0.25) is 0 Å². The Hall–Kier alpha value is -1.82. The number of carboxylic acids is 1. The molecule has 3 N–H and O–H groups in total. The summed E-state index contributed by atoms with van der Waals surface area (Å²) in [5, 5.41) is 8.78. The van der Waals surface area contributed by atoms with Gasteiger partial charge < -0.3 is 20.3 Å². The van der Waals surface area contributed by atoms with Crippen molar-refractivity contribution in [3.63, 3.8) is 0 Å². The van der Waals surface area contributed by atoms with Crippen molar-refractivity contribution >= 4 is 5.97 Å². The first-order chi connectivity index (χ1) is 9.01. The molecule has 0 spiro atoms. The normalized spacial score (nSPS) is 15.9. The number of methoxy groups -OCH3 is 1. The molecule has 0 radical (unpaired) electrons. The molecule has 5 nitrogen and oxygen atoms in total. The molecule has 1 aliphatic rings.